The van der Waals surface area contributed by atoms with Crippen LogP contribution in [0.4, 0.5) is 21.0 Å². The van der Waals surface area contributed by atoms with Gasteiger partial charge in [-0.3, -0.25) is 9.69 Å². The molecule has 3 aliphatic rings. The molecular formula is C19H24N4O6. The van der Waals surface area contributed by atoms with Gasteiger partial charge in [-0.1, -0.05) is 0 Å². The molecule has 0 saturated carbocycles. The van der Waals surface area contributed by atoms with E-state index in [0.717, 1.165) is 5.69 Å². The number of carbonyl (C=O) groups is 3. The highest BCUT2D eigenvalue weighted by atomic mass is 16.6. The molecule has 1 aromatic carbocycles. The Morgan fingerprint density at radius 1 is 1.28 bits per heavy atom. The van der Waals surface area contributed by atoms with Gasteiger partial charge in [-0.2, -0.15) is 0 Å². The molecule has 1 N–H and O–H groups in total. The number of cyclic esters (lactones) is 1. The van der Waals surface area contributed by atoms with E-state index in [1.807, 2.05) is 18.2 Å². The van der Waals surface area contributed by atoms with Crippen LogP contribution in [0.2, 0.25) is 0 Å². The summed E-state index contributed by atoms with van der Waals surface area (Å²) in [6, 6.07) is 5.68. The first-order valence-corrected chi connectivity index (χ1v) is 9.55. The van der Waals surface area contributed by atoms with Gasteiger partial charge in [0.25, 0.3) is 0 Å². The molecule has 3 heterocycles. The first-order chi connectivity index (χ1) is 14.0. The Hall–Kier alpha value is -3.17. The van der Waals surface area contributed by atoms with E-state index >= 15 is 0 Å². The molecule has 10 heteroatoms. The first-order valence-electron chi connectivity index (χ1n) is 9.55. The number of methoxy groups -OCH3 is 1. The molecule has 156 valence electrons. The van der Waals surface area contributed by atoms with Crippen LogP contribution in [-0.4, -0.2) is 81.6 Å². The average Bonchev–Trinajstić information content (AvgIpc) is 3.11. The molecule has 0 unspecified atom stereocenters. The van der Waals surface area contributed by atoms with Crippen molar-refractivity contribution < 1.29 is 28.6 Å². The maximum Gasteiger partial charge on any atom is 0.414 e. The van der Waals surface area contributed by atoms with Crippen molar-refractivity contribution in [3.8, 4) is 5.75 Å². The summed E-state index contributed by atoms with van der Waals surface area (Å²) < 4.78 is 16.1. The largest absolute Gasteiger partial charge is 0.489 e. The smallest absolute Gasteiger partial charge is 0.414 e. The van der Waals surface area contributed by atoms with E-state index in [-0.39, 0.29) is 30.7 Å². The van der Waals surface area contributed by atoms with Gasteiger partial charge in [0.2, 0.25) is 5.91 Å². The number of benzene rings is 1. The van der Waals surface area contributed by atoms with Gasteiger partial charge in [0.15, 0.2) is 0 Å². The zero-order valence-corrected chi connectivity index (χ0v) is 16.4. The van der Waals surface area contributed by atoms with Crippen molar-refractivity contribution in [1.82, 2.24) is 10.2 Å². The predicted molar refractivity (Wildman–Crippen MR) is 103 cm³/mol. The van der Waals surface area contributed by atoms with Crippen LogP contribution in [-0.2, 0) is 14.3 Å². The van der Waals surface area contributed by atoms with E-state index in [2.05, 4.69) is 10.2 Å². The van der Waals surface area contributed by atoms with Gasteiger partial charge in [-0.05, 0) is 12.1 Å². The summed E-state index contributed by atoms with van der Waals surface area (Å²) in [6.07, 6.45) is -1.16. The molecule has 2 atom stereocenters. The predicted octanol–water partition coefficient (Wildman–Crippen LogP) is 0.797. The lowest BCUT2D eigenvalue weighted by Crippen LogP contribution is -2.58. The fourth-order valence-electron chi connectivity index (χ4n) is 3.92. The molecule has 4 rings (SSSR count). The van der Waals surface area contributed by atoms with Crippen LogP contribution < -0.4 is 19.9 Å². The molecule has 1 aromatic rings. The van der Waals surface area contributed by atoms with Crippen molar-refractivity contribution >= 4 is 29.5 Å². The monoisotopic (exact) mass is 404 g/mol. The zero-order valence-electron chi connectivity index (χ0n) is 16.4. The minimum atomic E-state index is -0.444. The van der Waals surface area contributed by atoms with Gasteiger partial charge >= 0.3 is 12.2 Å². The molecule has 0 bridgehead atoms. The maximum atomic E-state index is 12.2. The van der Waals surface area contributed by atoms with Crippen molar-refractivity contribution in [1.29, 1.82) is 0 Å². The van der Waals surface area contributed by atoms with Gasteiger partial charge in [-0.15, -0.1) is 0 Å². The summed E-state index contributed by atoms with van der Waals surface area (Å²) in [5.74, 6) is 0.534. The molecule has 10 nitrogen and oxygen atoms in total. The highest BCUT2D eigenvalue weighted by molar-refractivity contribution is 5.90. The first kappa shape index (κ1) is 19.2. The molecule has 2 saturated heterocycles. The topological polar surface area (TPSA) is 101 Å². The Morgan fingerprint density at radius 2 is 2.10 bits per heavy atom. The summed E-state index contributed by atoms with van der Waals surface area (Å²) >= 11 is 0. The van der Waals surface area contributed by atoms with Crippen molar-refractivity contribution in [2.24, 2.45) is 0 Å². The number of hydrogen-bond donors (Lipinski definition) is 1. The molecule has 3 amide bonds. The lowest BCUT2D eigenvalue weighted by Gasteiger charge is -2.45. The summed E-state index contributed by atoms with van der Waals surface area (Å²) in [5, 5.41) is 2.67. The van der Waals surface area contributed by atoms with Crippen LogP contribution in [0.25, 0.3) is 0 Å². The normalized spacial score (nSPS) is 23.0. The van der Waals surface area contributed by atoms with Crippen molar-refractivity contribution in [2.75, 3.05) is 56.2 Å². The number of anilines is 2. The van der Waals surface area contributed by atoms with E-state index in [1.54, 1.807) is 4.90 Å². The summed E-state index contributed by atoms with van der Waals surface area (Å²) in [4.78, 5) is 40.6. The quantitative estimate of drug-likeness (QED) is 0.795. The third kappa shape index (κ3) is 3.74. The Labute approximate surface area is 168 Å². The van der Waals surface area contributed by atoms with Crippen LogP contribution >= 0.6 is 0 Å². The maximum absolute atomic E-state index is 12.2. The number of nitrogens with one attached hydrogen (secondary N) is 1. The lowest BCUT2D eigenvalue weighted by atomic mass is 10.1. The molecule has 0 aliphatic carbocycles. The summed E-state index contributed by atoms with van der Waals surface area (Å²) in [6.45, 7) is 4.31. The molecule has 0 radical (unpaired) electrons. The van der Waals surface area contributed by atoms with Crippen LogP contribution in [0.5, 0.6) is 5.75 Å². The third-order valence-corrected chi connectivity index (χ3v) is 5.36. The van der Waals surface area contributed by atoms with E-state index < -0.39 is 6.09 Å². The Kier molecular flexibility index (Phi) is 5.08. The van der Waals surface area contributed by atoms with Crippen LogP contribution in [0, 0.1) is 0 Å². The van der Waals surface area contributed by atoms with Crippen molar-refractivity contribution in [2.45, 2.75) is 19.1 Å². The van der Waals surface area contributed by atoms with Crippen LogP contribution in [0.3, 0.4) is 0 Å². The van der Waals surface area contributed by atoms with Crippen LogP contribution in [0.1, 0.15) is 6.92 Å². The third-order valence-electron chi connectivity index (χ3n) is 5.36. The fourth-order valence-corrected chi connectivity index (χ4v) is 3.92. The van der Waals surface area contributed by atoms with Gasteiger partial charge in [-0.25, -0.2) is 9.59 Å². The number of carbonyl (C=O) groups excluding carboxylic acids is 3. The van der Waals surface area contributed by atoms with E-state index in [9.17, 15) is 14.4 Å². The Balaban J connectivity index is 1.46. The highest BCUT2D eigenvalue weighted by Crippen LogP contribution is 2.39. The number of amides is 3. The molecule has 29 heavy (non-hydrogen) atoms. The minimum Gasteiger partial charge on any atom is -0.489 e. The summed E-state index contributed by atoms with van der Waals surface area (Å²) in [5.41, 5.74) is 1.63. The molecule has 2 fully saturated rings. The fraction of sp³-hybridized carbons (Fsp3) is 0.526. The van der Waals surface area contributed by atoms with E-state index in [0.29, 0.717) is 44.2 Å². The standard InChI is InChI=1S/C19H24N4O6/c1-12(24)20-8-15-10-23(19(26)29-15)13-3-4-16-17(7-13)28-11-14-9-21(18(25)27-2)5-6-22(14)16/h3-4,7,14-15H,5-6,8-11H2,1-2H3,(H,20,24)/t14-,15+/m1/s1. The number of ether oxygens (including phenoxy) is 3. The molecular weight excluding hydrogens is 380 g/mol. The molecule has 0 spiro atoms. The molecule has 0 aromatic heterocycles. The average molecular weight is 404 g/mol. The number of rotatable bonds is 3. The zero-order chi connectivity index (χ0) is 20.5. The Bertz CT molecular complexity index is 831. The van der Waals surface area contributed by atoms with Gasteiger partial charge < -0.3 is 29.3 Å². The second kappa shape index (κ2) is 7.69. The van der Waals surface area contributed by atoms with Crippen molar-refractivity contribution in [3.63, 3.8) is 0 Å². The second-order valence-corrected chi connectivity index (χ2v) is 7.28. The Morgan fingerprint density at radius 3 is 2.86 bits per heavy atom. The van der Waals surface area contributed by atoms with Crippen LogP contribution in [0.15, 0.2) is 18.2 Å². The number of hydrogen-bond acceptors (Lipinski definition) is 7. The lowest BCUT2D eigenvalue weighted by molar-refractivity contribution is -0.119. The van der Waals surface area contributed by atoms with E-state index in [4.69, 9.17) is 14.2 Å². The van der Waals surface area contributed by atoms with Crippen molar-refractivity contribution in [3.05, 3.63) is 18.2 Å². The van der Waals surface area contributed by atoms with Gasteiger partial charge in [0.05, 0.1) is 37.6 Å². The number of nitrogens with zero attached hydrogens (tertiary/aromatic N) is 3. The number of piperazine rings is 1. The van der Waals surface area contributed by atoms with E-state index in [1.165, 1.54) is 18.9 Å². The minimum absolute atomic E-state index is 0.0555. The molecule has 3 aliphatic heterocycles. The summed E-state index contributed by atoms with van der Waals surface area (Å²) in [7, 11) is 1.38. The second-order valence-electron chi connectivity index (χ2n) is 7.28. The SMILES string of the molecule is COC(=O)N1CCN2c3ccc(N4C[C@H](CNC(C)=O)OC4=O)cc3OC[C@H]2C1. The highest BCUT2D eigenvalue weighted by Gasteiger charge is 2.37. The van der Waals surface area contributed by atoms with Gasteiger partial charge in [0.1, 0.15) is 18.5 Å². The number of fused-ring (bicyclic) bond motifs is 3. The van der Waals surface area contributed by atoms with Gasteiger partial charge in [0, 0.05) is 32.6 Å².